The summed E-state index contributed by atoms with van der Waals surface area (Å²) < 4.78 is 40.3. The molecule has 0 bridgehead atoms. The Balaban J connectivity index is 2.84. The third kappa shape index (κ3) is 4.40. The lowest BCUT2D eigenvalue weighted by Gasteiger charge is -2.11. The second-order valence-corrected chi connectivity index (χ2v) is 3.80. The predicted octanol–water partition coefficient (Wildman–Crippen LogP) is 3.47. The number of hydrogen-bond donors (Lipinski definition) is 2. The van der Waals surface area contributed by atoms with Gasteiger partial charge in [-0.2, -0.15) is 13.2 Å². The summed E-state index contributed by atoms with van der Waals surface area (Å²) in [6, 6.07) is 4.24. The van der Waals surface area contributed by atoms with E-state index in [9.17, 15) is 13.2 Å². The molecule has 17 heavy (non-hydrogen) atoms. The second-order valence-electron chi connectivity index (χ2n) is 3.13. The van der Waals surface area contributed by atoms with Gasteiger partial charge in [0, 0.05) is 5.70 Å². The monoisotopic (exact) mass is 283 g/mol. The summed E-state index contributed by atoms with van der Waals surface area (Å²) >= 11 is 9.62. The highest BCUT2D eigenvalue weighted by molar-refractivity contribution is 7.83. The average Bonchev–Trinajstić information content (AvgIpc) is 2.25. The van der Waals surface area contributed by atoms with Crippen LogP contribution in [0.3, 0.4) is 0 Å². The maximum absolute atomic E-state index is 11.9. The molecular formula is C10H9ClF3NOS. The van der Waals surface area contributed by atoms with Gasteiger partial charge in [0.1, 0.15) is 5.75 Å². The van der Waals surface area contributed by atoms with Gasteiger partial charge in [0.05, 0.1) is 5.02 Å². The van der Waals surface area contributed by atoms with E-state index in [0.717, 1.165) is 0 Å². The number of rotatable bonds is 3. The van der Waals surface area contributed by atoms with Gasteiger partial charge in [-0.1, -0.05) is 11.6 Å². The summed E-state index contributed by atoms with van der Waals surface area (Å²) in [5.41, 5.74) is 6.48. The topological polar surface area (TPSA) is 35.2 Å². The van der Waals surface area contributed by atoms with Crippen LogP contribution < -0.4 is 10.5 Å². The molecule has 0 saturated carbocycles. The standard InChI is InChI=1S/C10H9ClF3NOS/c11-7-3-6(8(15)4-17)1-2-9(7)16-5-10(12,13)14/h1-4,17H,5,15H2/b8-4-. The van der Waals surface area contributed by atoms with Gasteiger partial charge in [-0.15, -0.1) is 12.6 Å². The van der Waals surface area contributed by atoms with E-state index in [1.165, 1.54) is 23.6 Å². The maximum atomic E-state index is 11.9. The van der Waals surface area contributed by atoms with Crippen LogP contribution in [0, 0.1) is 0 Å². The Labute approximate surface area is 107 Å². The third-order valence-corrected chi connectivity index (χ3v) is 2.37. The minimum atomic E-state index is -4.40. The molecule has 0 heterocycles. The van der Waals surface area contributed by atoms with E-state index >= 15 is 0 Å². The first-order valence-electron chi connectivity index (χ1n) is 4.43. The number of halogens is 4. The molecule has 94 valence electrons. The van der Waals surface area contributed by atoms with Gasteiger partial charge in [0.2, 0.25) is 0 Å². The van der Waals surface area contributed by atoms with E-state index in [1.54, 1.807) is 0 Å². The van der Waals surface area contributed by atoms with Gasteiger partial charge in [0.15, 0.2) is 6.61 Å². The number of alkyl halides is 3. The van der Waals surface area contributed by atoms with Crippen molar-refractivity contribution in [1.82, 2.24) is 0 Å². The first kappa shape index (κ1) is 14.1. The first-order chi connectivity index (χ1) is 7.83. The van der Waals surface area contributed by atoms with Crippen molar-refractivity contribution in [3.8, 4) is 5.75 Å². The van der Waals surface area contributed by atoms with Crippen LogP contribution in [0.5, 0.6) is 5.75 Å². The van der Waals surface area contributed by atoms with Crippen molar-refractivity contribution in [1.29, 1.82) is 0 Å². The van der Waals surface area contributed by atoms with Crippen molar-refractivity contribution in [2.45, 2.75) is 6.18 Å². The minimum absolute atomic E-state index is 0.0419. The van der Waals surface area contributed by atoms with Crippen LogP contribution in [0.1, 0.15) is 5.56 Å². The highest BCUT2D eigenvalue weighted by Crippen LogP contribution is 2.28. The lowest BCUT2D eigenvalue weighted by Crippen LogP contribution is -2.19. The highest BCUT2D eigenvalue weighted by atomic mass is 35.5. The Kier molecular flexibility index (Phi) is 4.59. The van der Waals surface area contributed by atoms with E-state index in [0.29, 0.717) is 11.3 Å². The molecule has 0 amide bonds. The van der Waals surface area contributed by atoms with Crippen LogP contribution in [-0.4, -0.2) is 12.8 Å². The molecule has 0 aliphatic rings. The molecule has 0 aromatic heterocycles. The van der Waals surface area contributed by atoms with Crippen molar-refractivity contribution in [3.05, 3.63) is 34.2 Å². The van der Waals surface area contributed by atoms with E-state index < -0.39 is 12.8 Å². The lowest BCUT2D eigenvalue weighted by molar-refractivity contribution is -0.153. The molecule has 7 heteroatoms. The lowest BCUT2D eigenvalue weighted by atomic mass is 10.2. The fourth-order valence-electron chi connectivity index (χ4n) is 1.03. The molecule has 1 rings (SSSR count). The van der Waals surface area contributed by atoms with Gasteiger partial charge < -0.3 is 10.5 Å². The molecule has 1 aromatic rings. The number of ether oxygens (including phenoxy) is 1. The summed E-state index contributed by atoms with van der Waals surface area (Å²) in [5.74, 6) is -0.0419. The smallest absolute Gasteiger partial charge is 0.422 e. The second kappa shape index (κ2) is 5.55. The van der Waals surface area contributed by atoms with Crippen molar-refractivity contribution in [2.24, 2.45) is 5.73 Å². The summed E-state index contributed by atoms with van der Waals surface area (Å²) in [6.07, 6.45) is -4.40. The summed E-state index contributed by atoms with van der Waals surface area (Å²) in [7, 11) is 0. The number of thiol groups is 1. The molecule has 0 saturated heterocycles. The predicted molar refractivity (Wildman–Crippen MR) is 64.2 cm³/mol. The zero-order valence-electron chi connectivity index (χ0n) is 8.46. The normalized spacial score (nSPS) is 12.6. The largest absolute Gasteiger partial charge is 0.483 e. The van der Waals surface area contributed by atoms with Gasteiger partial charge in [0.25, 0.3) is 0 Å². The number of benzene rings is 1. The highest BCUT2D eigenvalue weighted by Gasteiger charge is 2.28. The SMILES string of the molecule is N/C(=C\S)c1ccc(OCC(F)(F)F)c(Cl)c1. The maximum Gasteiger partial charge on any atom is 0.422 e. The van der Waals surface area contributed by atoms with Gasteiger partial charge in [-0.05, 0) is 29.2 Å². The Morgan fingerprint density at radius 2 is 2.12 bits per heavy atom. The van der Waals surface area contributed by atoms with E-state index in [1.807, 2.05) is 0 Å². The van der Waals surface area contributed by atoms with Crippen molar-refractivity contribution in [3.63, 3.8) is 0 Å². The van der Waals surface area contributed by atoms with Crippen molar-refractivity contribution < 1.29 is 17.9 Å². The summed E-state index contributed by atoms with van der Waals surface area (Å²) in [6.45, 7) is -1.38. The molecule has 0 atom stereocenters. The first-order valence-corrected chi connectivity index (χ1v) is 5.32. The number of hydrogen-bond acceptors (Lipinski definition) is 3. The van der Waals surface area contributed by atoms with Crippen LogP contribution >= 0.6 is 24.2 Å². The summed E-state index contributed by atoms with van der Waals surface area (Å²) in [4.78, 5) is 0. The molecule has 2 N–H and O–H groups in total. The van der Waals surface area contributed by atoms with E-state index in [-0.39, 0.29) is 10.8 Å². The Morgan fingerprint density at radius 1 is 1.47 bits per heavy atom. The van der Waals surface area contributed by atoms with Crippen LogP contribution in [0.15, 0.2) is 23.6 Å². The fourth-order valence-corrected chi connectivity index (χ4v) is 1.42. The van der Waals surface area contributed by atoms with E-state index in [2.05, 4.69) is 17.4 Å². The zero-order chi connectivity index (χ0) is 13.1. The molecular weight excluding hydrogens is 275 g/mol. The van der Waals surface area contributed by atoms with Gasteiger partial charge in [-0.25, -0.2) is 0 Å². The molecule has 0 aliphatic carbocycles. The molecule has 0 fully saturated rings. The Morgan fingerprint density at radius 3 is 2.59 bits per heavy atom. The van der Waals surface area contributed by atoms with Crippen molar-refractivity contribution >= 4 is 29.9 Å². The molecule has 0 unspecified atom stereocenters. The molecule has 0 spiro atoms. The zero-order valence-corrected chi connectivity index (χ0v) is 10.1. The van der Waals surface area contributed by atoms with Gasteiger partial charge in [-0.3, -0.25) is 0 Å². The third-order valence-electron chi connectivity index (χ3n) is 1.80. The number of nitrogens with two attached hydrogens (primary N) is 1. The average molecular weight is 284 g/mol. The molecule has 0 radical (unpaired) electrons. The fraction of sp³-hybridized carbons (Fsp3) is 0.200. The van der Waals surface area contributed by atoms with Gasteiger partial charge >= 0.3 is 6.18 Å². The molecule has 2 nitrogen and oxygen atoms in total. The quantitative estimate of drug-likeness (QED) is 0.833. The minimum Gasteiger partial charge on any atom is -0.483 e. The Hall–Kier alpha value is -1.01. The molecule has 1 aromatic carbocycles. The molecule has 0 aliphatic heterocycles. The summed E-state index contributed by atoms with van der Waals surface area (Å²) in [5, 5.41) is 1.42. The van der Waals surface area contributed by atoms with Crippen LogP contribution in [0.25, 0.3) is 5.70 Å². The van der Waals surface area contributed by atoms with Crippen LogP contribution in [0.4, 0.5) is 13.2 Å². The van der Waals surface area contributed by atoms with Crippen LogP contribution in [-0.2, 0) is 0 Å². The van der Waals surface area contributed by atoms with Crippen molar-refractivity contribution in [2.75, 3.05) is 6.61 Å². The van der Waals surface area contributed by atoms with E-state index in [4.69, 9.17) is 17.3 Å². The van der Waals surface area contributed by atoms with Crippen LogP contribution in [0.2, 0.25) is 5.02 Å². The Bertz CT molecular complexity index is 434.